The second-order valence-corrected chi connectivity index (χ2v) is 5.32. The molecule has 0 aromatic heterocycles. The highest BCUT2D eigenvalue weighted by atomic mass is 35.5. The third-order valence-corrected chi connectivity index (χ3v) is 4.17. The monoisotopic (exact) mass is 328 g/mol. The topological polar surface area (TPSA) is 0 Å². The van der Waals surface area contributed by atoms with Crippen LogP contribution in [0.5, 0.6) is 0 Å². The molecule has 0 N–H and O–H groups in total. The predicted octanol–water partition coefficient (Wildman–Crippen LogP) is 6.07. The van der Waals surface area contributed by atoms with Crippen LogP contribution in [-0.2, 0) is 4.87 Å². The molecular formula is C20H18Cl2. The van der Waals surface area contributed by atoms with Crippen molar-refractivity contribution in [2.75, 3.05) is 6.38 Å². The SMILES string of the molecule is CCl.ClC(c1ccccc1)(c1ccccc1)c1ccccc1. The van der Waals surface area contributed by atoms with Crippen molar-refractivity contribution in [1.82, 2.24) is 0 Å². The Kier molecular flexibility index (Phi) is 6.06. The van der Waals surface area contributed by atoms with Crippen LogP contribution >= 0.6 is 23.2 Å². The smallest absolute Gasteiger partial charge is 0.119 e. The largest absolute Gasteiger partial charge is 0.130 e. The van der Waals surface area contributed by atoms with E-state index in [2.05, 4.69) is 48.0 Å². The van der Waals surface area contributed by atoms with Gasteiger partial charge in [-0.2, -0.15) is 0 Å². The number of hydrogen-bond donors (Lipinski definition) is 0. The lowest BCUT2D eigenvalue weighted by Crippen LogP contribution is -2.22. The van der Waals surface area contributed by atoms with Gasteiger partial charge in [-0.1, -0.05) is 91.0 Å². The van der Waals surface area contributed by atoms with Gasteiger partial charge in [-0.05, 0) is 16.7 Å². The zero-order valence-corrected chi connectivity index (χ0v) is 13.9. The van der Waals surface area contributed by atoms with Crippen molar-refractivity contribution in [2.24, 2.45) is 0 Å². The molecule has 0 spiro atoms. The quantitative estimate of drug-likeness (QED) is 0.404. The summed E-state index contributed by atoms with van der Waals surface area (Å²) in [5, 5.41) is 0. The molecule has 0 unspecified atom stereocenters. The molecule has 2 heteroatoms. The summed E-state index contributed by atoms with van der Waals surface area (Å²) < 4.78 is 0. The summed E-state index contributed by atoms with van der Waals surface area (Å²) in [7, 11) is 0. The molecular weight excluding hydrogens is 311 g/mol. The van der Waals surface area contributed by atoms with Crippen LogP contribution in [0.25, 0.3) is 0 Å². The molecule has 0 saturated heterocycles. The molecule has 0 amide bonds. The van der Waals surface area contributed by atoms with Gasteiger partial charge in [-0.15, -0.1) is 23.2 Å². The number of rotatable bonds is 3. The maximum atomic E-state index is 7.12. The molecule has 0 atom stereocenters. The third-order valence-electron chi connectivity index (χ3n) is 3.51. The van der Waals surface area contributed by atoms with Crippen LogP contribution in [0.2, 0.25) is 0 Å². The fraction of sp³-hybridized carbons (Fsp3) is 0.100. The summed E-state index contributed by atoms with van der Waals surface area (Å²) in [5.41, 5.74) is 3.25. The first kappa shape index (κ1) is 16.6. The molecule has 0 saturated carbocycles. The minimum atomic E-state index is -0.649. The van der Waals surface area contributed by atoms with Gasteiger partial charge in [0, 0.05) is 6.38 Å². The Hall–Kier alpha value is -1.76. The lowest BCUT2D eigenvalue weighted by atomic mass is 9.84. The van der Waals surface area contributed by atoms with Crippen molar-refractivity contribution >= 4 is 23.2 Å². The van der Waals surface area contributed by atoms with E-state index in [1.165, 1.54) is 6.38 Å². The molecule has 0 fully saturated rings. The van der Waals surface area contributed by atoms with E-state index in [1.807, 2.05) is 54.6 Å². The van der Waals surface area contributed by atoms with E-state index < -0.39 is 4.87 Å². The Balaban J connectivity index is 0.000000847. The van der Waals surface area contributed by atoms with Gasteiger partial charge in [-0.25, -0.2) is 0 Å². The summed E-state index contributed by atoms with van der Waals surface area (Å²) in [6, 6.07) is 30.6. The Labute approximate surface area is 142 Å². The van der Waals surface area contributed by atoms with Gasteiger partial charge in [0.25, 0.3) is 0 Å². The fourth-order valence-electron chi connectivity index (χ4n) is 2.50. The van der Waals surface area contributed by atoms with Crippen LogP contribution in [-0.4, -0.2) is 6.38 Å². The number of hydrogen-bond acceptors (Lipinski definition) is 0. The molecule has 22 heavy (non-hydrogen) atoms. The van der Waals surface area contributed by atoms with Crippen LogP contribution in [0.1, 0.15) is 16.7 Å². The molecule has 3 rings (SSSR count). The highest BCUT2D eigenvalue weighted by Gasteiger charge is 2.33. The average molecular weight is 329 g/mol. The highest BCUT2D eigenvalue weighted by Crippen LogP contribution is 2.42. The van der Waals surface area contributed by atoms with E-state index in [0.717, 1.165) is 16.7 Å². The van der Waals surface area contributed by atoms with Crippen molar-refractivity contribution in [3.8, 4) is 0 Å². The zero-order chi connectivity index (χ0) is 15.8. The first-order chi connectivity index (χ1) is 10.8. The lowest BCUT2D eigenvalue weighted by Gasteiger charge is -2.29. The summed E-state index contributed by atoms with van der Waals surface area (Å²) in [6.07, 6.45) is 1.47. The van der Waals surface area contributed by atoms with Gasteiger partial charge >= 0.3 is 0 Å². The number of benzene rings is 3. The molecule has 0 bridgehead atoms. The number of halogens is 2. The van der Waals surface area contributed by atoms with Crippen molar-refractivity contribution in [1.29, 1.82) is 0 Å². The van der Waals surface area contributed by atoms with Crippen molar-refractivity contribution in [3.05, 3.63) is 108 Å². The molecule has 3 aromatic rings. The molecule has 0 aliphatic rings. The van der Waals surface area contributed by atoms with E-state index in [0.29, 0.717) is 0 Å². The van der Waals surface area contributed by atoms with Gasteiger partial charge in [0.1, 0.15) is 4.87 Å². The van der Waals surface area contributed by atoms with Crippen LogP contribution in [0.4, 0.5) is 0 Å². The minimum absolute atomic E-state index is 0.649. The molecule has 0 radical (unpaired) electrons. The summed E-state index contributed by atoms with van der Waals surface area (Å²) >= 11 is 11.8. The molecule has 0 aliphatic carbocycles. The molecule has 0 aliphatic heterocycles. The Morgan fingerprint density at radius 2 is 0.727 bits per heavy atom. The highest BCUT2D eigenvalue weighted by molar-refractivity contribution is 6.28. The first-order valence-corrected chi connectivity index (χ1v) is 8.18. The maximum Gasteiger partial charge on any atom is 0.119 e. The number of alkyl halides is 2. The Morgan fingerprint density at radius 3 is 0.955 bits per heavy atom. The normalized spacial score (nSPS) is 10.5. The van der Waals surface area contributed by atoms with Crippen molar-refractivity contribution in [3.63, 3.8) is 0 Å². The molecule has 3 aromatic carbocycles. The van der Waals surface area contributed by atoms with E-state index in [4.69, 9.17) is 11.6 Å². The molecule has 0 heterocycles. The maximum absolute atomic E-state index is 7.12. The third kappa shape index (κ3) is 3.35. The standard InChI is InChI=1S/C19H15Cl.CH3Cl/c20-19(16-10-4-1-5-11-16,17-12-6-2-7-13-17)18-14-8-3-9-15-18;1-2/h1-15H;1H3. The lowest BCUT2D eigenvalue weighted by molar-refractivity contribution is 0.879. The predicted molar refractivity (Wildman–Crippen MR) is 96.8 cm³/mol. The fourth-order valence-corrected chi connectivity index (χ4v) is 2.88. The van der Waals surface area contributed by atoms with Gasteiger partial charge in [-0.3, -0.25) is 0 Å². The van der Waals surface area contributed by atoms with E-state index in [9.17, 15) is 0 Å². The van der Waals surface area contributed by atoms with Crippen LogP contribution < -0.4 is 0 Å². The van der Waals surface area contributed by atoms with Crippen molar-refractivity contribution < 1.29 is 0 Å². The van der Waals surface area contributed by atoms with Gasteiger partial charge in [0.15, 0.2) is 0 Å². The summed E-state index contributed by atoms with van der Waals surface area (Å²) in [5.74, 6) is 0. The van der Waals surface area contributed by atoms with Crippen LogP contribution in [0.15, 0.2) is 91.0 Å². The first-order valence-electron chi connectivity index (χ1n) is 7.05. The summed E-state index contributed by atoms with van der Waals surface area (Å²) in [6.45, 7) is 0. The minimum Gasteiger partial charge on any atom is -0.130 e. The average Bonchev–Trinajstić information content (AvgIpc) is 2.65. The molecule has 0 nitrogen and oxygen atoms in total. The second kappa shape index (κ2) is 8.03. The summed E-state index contributed by atoms with van der Waals surface area (Å²) in [4.78, 5) is -0.649. The Bertz CT molecular complexity index is 567. The van der Waals surface area contributed by atoms with Gasteiger partial charge in [0.2, 0.25) is 0 Å². The molecule has 112 valence electrons. The zero-order valence-electron chi connectivity index (χ0n) is 12.4. The Morgan fingerprint density at radius 1 is 0.500 bits per heavy atom. The van der Waals surface area contributed by atoms with Crippen LogP contribution in [0, 0.1) is 0 Å². The van der Waals surface area contributed by atoms with Crippen LogP contribution in [0.3, 0.4) is 0 Å². The van der Waals surface area contributed by atoms with E-state index in [-0.39, 0.29) is 0 Å². The van der Waals surface area contributed by atoms with Gasteiger partial charge < -0.3 is 0 Å². The second-order valence-electron chi connectivity index (χ2n) is 4.76. The van der Waals surface area contributed by atoms with Gasteiger partial charge in [0.05, 0.1) is 0 Å². The van der Waals surface area contributed by atoms with E-state index in [1.54, 1.807) is 0 Å². The van der Waals surface area contributed by atoms with Crippen molar-refractivity contribution in [2.45, 2.75) is 4.87 Å². The van der Waals surface area contributed by atoms with E-state index >= 15 is 0 Å².